The number of hydrogen-bond acceptors (Lipinski definition) is 5. The number of ether oxygens (including phenoxy) is 1. The number of nitrogens with two attached hydrogens (primary N) is 1. The highest BCUT2D eigenvalue weighted by atomic mass is 16.5. The van der Waals surface area contributed by atoms with Crippen LogP contribution in [0, 0.1) is 0 Å². The summed E-state index contributed by atoms with van der Waals surface area (Å²) in [5.41, 5.74) is 5.89. The fourth-order valence-electron chi connectivity index (χ4n) is 2.33. The van der Waals surface area contributed by atoms with E-state index in [0.29, 0.717) is 17.8 Å². The second kappa shape index (κ2) is 4.72. The maximum atomic E-state index is 5.89. The molecular weight excluding hydrogens is 228 g/mol. The van der Waals surface area contributed by atoms with E-state index in [4.69, 9.17) is 10.5 Å². The number of anilines is 2. The van der Waals surface area contributed by atoms with Gasteiger partial charge in [0.05, 0.1) is 12.7 Å². The molecule has 0 radical (unpaired) electrons. The van der Waals surface area contributed by atoms with Crippen molar-refractivity contribution in [1.29, 1.82) is 0 Å². The lowest BCUT2D eigenvalue weighted by Gasteiger charge is -2.33. The molecule has 2 aliphatic rings. The topological polar surface area (TPSA) is 64.3 Å². The van der Waals surface area contributed by atoms with Crippen molar-refractivity contribution in [3.05, 3.63) is 11.9 Å². The molecule has 1 saturated heterocycles. The molecule has 2 N–H and O–H groups in total. The van der Waals surface area contributed by atoms with Crippen LogP contribution in [0.15, 0.2) is 6.07 Å². The van der Waals surface area contributed by atoms with Crippen LogP contribution in [-0.4, -0.2) is 35.8 Å². The lowest BCUT2D eigenvalue weighted by atomic mass is 10.2. The molecule has 18 heavy (non-hydrogen) atoms. The van der Waals surface area contributed by atoms with Gasteiger partial charge in [-0.1, -0.05) is 6.92 Å². The number of nitrogen functional groups attached to an aromatic ring is 1. The first-order valence-electron chi connectivity index (χ1n) is 6.77. The van der Waals surface area contributed by atoms with E-state index in [1.165, 1.54) is 12.8 Å². The van der Waals surface area contributed by atoms with Crippen molar-refractivity contribution in [2.75, 3.05) is 30.3 Å². The Morgan fingerprint density at radius 3 is 3.00 bits per heavy atom. The molecule has 0 spiro atoms. The van der Waals surface area contributed by atoms with Crippen LogP contribution in [0.4, 0.5) is 11.6 Å². The molecule has 0 bridgehead atoms. The Bertz CT molecular complexity index is 433. The standard InChI is InChI=1S/C13H20N4O/c1-2-10-8-17(5-6-18-10)12-7-11(14)15-13(16-12)9-3-4-9/h7,9-10H,2-6,8H2,1H3,(H2,14,15,16). The van der Waals surface area contributed by atoms with E-state index in [1.807, 2.05) is 6.07 Å². The molecule has 0 aromatic carbocycles. The predicted molar refractivity (Wildman–Crippen MR) is 70.7 cm³/mol. The molecule has 1 saturated carbocycles. The molecule has 3 rings (SSSR count). The first kappa shape index (κ1) is 11.7. The van der Waals surface area contributed by atoms with Gasteiger partial charge in [0.15, 0.2) is 0 Å². The van der Waals surface area contributed by atoms with Gasteiger partial charge in [-0.25, -0.2) is 9.97 Å². The van der Waals surface area contributed by atoms with E-state index < -0.39 is 0 Å². The van der Waals surface area contributed by atoms with Crippen LogP contribution in [0.2, 0.25) is 0 Å². The number of hydrogen-bond donors (Lipinski definition) is 1. The van der Waals surface area contributed by atoms with E-state index in [-0.39, 0.29) is 0 Å². The number of rotatable bonds is 3. The smallest absolute Gasteiger partial charge is 0.136 e. The molecule has 2 fully saturated rings. The van der Waals surface area contributed by atoms with Crippen LogP contribution in [0.3, 0.4) is 0 Å². The number of morpholine rings is 1. The normalized spacial score (nSPS) is 24.3. The fourth-order valence-corrected chi connectivity index (χ4v) is 2.33. The van der Waals surface area contributed by atoms with Gasteiger partial charge < -0.3 is 15.4 Å². The zero-order chi connectivity index (χ0) is 12.5. The average molecular weight is 248 g/mol. The van der Waals surface area contributed by atoms with Crippen molar-refractivity contribution < 1.29 is 4.74 Å². The zero-order valence-electron chi connectivity index (χ0n) is 10.8. The molecule has 1 unspecified atom stereocenters. The summed E-state index contributed by atoms with van der Waals surface area (Å²) in [6.45, 7) is 4.70. The molecule has 1 aromatic rings. The largest absolute Gasteiger partial charge is 0.384 e. The highest BCUT2D eigenvalue weighted by Gasteiger charge is 2.28. The molecule has 0 amide bonds. The van der Waals surface area contributed by atoms with Crippen LogP contribution in [0.5, 0.6) is 0 Å². The van der Waals surface area contributed by atoms with Gasteiger partial charge in [0.2, 0.25) is 0 Å². The number of nitrogens with zero attached hydrogens (tertiary/aromatic N) is 3. The Morgan fingerprint density at radius 2 is 2.28 bits per heavy atom. The maximum absolute atomic E-state index is 5.89. The van der Waals surface area contributed by atoms with E-state index in [9.17, 15) is 0 Å². The minimum Gasteiger partial charge on any atom is -0.384 e. The molecule has 5 nitrogen and oxygen atoms in total. The highest BCUT2D eigenvalue weighted by Crippen LogP contribution is 2.39. The first-order chi connectivity index (χ1) is 8.76. The monoisotopic (exact) mass is 248 g/mol. The van der Waals surface area contributed by atoms with E-state index in [0.717, 1.165) is 37.8 Å². The Kier molecular flexibility index (Phi) is 3.07. The molecule has 1 aliphatic heterocycles. The van der Waals surface area contributed by atoms with Crippen molar-refractivity contribution in [2.45, 2.75) is 38.2 Å². The van der Waals surface area contributed by atoms with Crippen LogP contribution < -0.4 is 10.6 Å². The van der Waals surface area contributed by atoms with Gasteiger partial charge in [0, 0.05) is 25.1 Å². The van der Waals surface area contributed by atoms with Crippen molar-refractivity contribution >= 4 is 11.6 Å². The number of aromatic nitrogens is 2. The lowest BCUT2D eigenvalue weighted by molar-refractivity contribution is 0.0381. The van der Waals surface area contributed by atoms with Gasteiger partial charge in [0.25, 0.3) is 0 Å². The molecule has 1 aliphatic carbocycles. The summed E-state index contributed by atoms with van der Waals surface area (Å²) in [5.74, 6) is 3.01. The molecule has 1 aromatic heterocycles. The lowest BCUT2D eigenvalue weighted by Crippen LogP contribution is -2.42. The summed E-state index contributed by atoms with van der Waals surface area (Å²) in [5, 5.41) is 0. The van der Waals surface area contributed by atoms with Crippen LogP contribution >= 0.6 is 0 Å². The van der Waals surface area contributed by atoms with Gasteiger partial charge in [-0.3, -0.25) is 0 Å². The Balaban J connectivity index is 1.81. The van der Waals surface area contributed by atoms with Crippen LogP contribution in [0.1, 0.15) is 37.9 Å². The Hall–Kier alpha value is -1.36. The van der Waals surface area contributed by atoms with Crippen molar-refractivity contribution in [1.82, 2.24) is 9.97 Å². The molecular formula is C13H20N4O. The third-order valence-electron chi connectivity index (χ3n) is 3.61. The first-order valence-corrected chi connectivity index (χ1v) is 6.77. The molecule has 98 valence electrons. The summed E-state index contributed by atoms with van der Waals surface area (Å²) in [7, 11) is 0. The fraction of sp³-hybridized carbons (Fsp3) is 0.692. The predicted octanol–water partition coefficient (Wildman–Crippen LogP) is 1.55. The summed E-state index contributed by atoms with van der Waals surface area (Å²) < 4.78 is 5.68. The van der Waals surface area contributed by atoms with Crippen LogP contribution in [0.25, 0.3) is 0 Å². The van der Waals surface area contributed by atoms with Crippen molar-refractivity contribution in [3.8, 4) is 0 Å². The third kappa shape index (κ3) is 2.41. The molecule has 1 atom stereocenters. The van der Waals surface area contributed by atoms with E-state index in [1.54, 1.807) is 0 Å². The van der Waals surface area contributed by atoms with E-state index in [2.05, 4.69) is 21.8 Å². The summed E-state index contributed by atoms with van der Waals surface area (Å²) >= 11 is 0. The third-order valence-corrected chi connectivity index (χ3v) is 3.61. The van der Waals surface area contributed by atoms with Gasteiger partial charge in [-0.15, -0.1) is 0 Å². The van der Waals surface area contributed by atoms with Gasteiger partial charge in [0.1, 0.15) is 17.5 Å². The zero-order valence-corrected chi connectivity index (χ0v) is 10.8. The average Bonchev–Trinajstić information content (AvgIpc) is 3.22. The SMILES string of the molecule is CCC1CN(c2cc(N)nc(C3CC3)n2)CCO1. The molecule has 5 heteroatoms. The summed E-state index contributed by atoms with van der Waals surface area (Å²) in [6.07, 6.45) is 3.74. The van der Waals surface area contributed by atoms with Crippen LogP contribution in [-0.2, 0) is 4.74 Å². The quantitative estimate of drug-likeness (QED) is 0.879. The van der Waals surface area contributed by atoms with Gasteiger partial charge in [-0.2, -0.15) is 0 Å². The van der Waals surface area contributed by atoms with E-state index >= 15 is 0 Å². The maximum Gasteiger partial charge on any atom is 0.136 e. The van der Waals surface area contributed by atoms with Gasteiger partial charge in [-0.05, 0) is 19.3 Å². The highest BCUT2D eigenvalue weighted by molar-refractivity contribution is 5.48. The minimum atomic E-state index is 0.305. The molecule has 2 heterocycles. The Labute approximate surface area is 107 Å². The summed E-state index contributed by atoms with van der Waals surface area (Å²) in [6, 6.07) is 1.88. The van der Waals surface area contributed by atoms with Crippen molar-refractivity contribution in [3.63, 3.8) is 0 Å². The second-order valence-electron chi connectivity index (χ2n) is 5.13. The Morgan fingerprint density at radius 1 is 1.44 bits per heavy atom. The summed E-state index contributed by atoms with van der Waals surface area (Å²) in [4.78, 5) is 11.3. The second-order valence-corrected chi connectivity index (χ2v) is 5.13. The minimum absolute atomic E-state index is 0.305. The van der Waals surface area contributed by atoms with Gasteiger partial charge >= 0.3 is 0 Å². The van der Waals surface area contributed by atoms with Crippen molar-refractivity contribution in [2.24, 2.45) is 0 Å².